The van der Waals surface area contributed by atoms with E-state index in [-0.39, 0.29) is 0 Å². The Morgan fingerprint density at radius 3 is 2.75 bits per heavy atom. The molecule has 3 nitrogen and oxygen atoms in total. The number of hydrogen-bond donors (Lipinski definition) is 1. The summed E-state index contributed by atoms with van der Waals surface area (Å²) in [6.07, 6.45) is 12.9. The third kappa shape index (κ3) is 5.31. The molecule has 1 atom stereocenters. The number of hydrogen-bond acceptors (Lipinski definition) is 2. The fourth-order valence-electron chi connectivity index (χ4n) is 2.06. The van der Waals surface area contributed by atoms with Crippen LogP contribution >= 0.6 is 0 Å². The first kappa shape index (κ1) is 13.2. The second-order valence-electron chi connectivity index (χ2n) is 4.44. The summed E-state index contributed by atoms with van der Waals surface area (Å²) < 4.78 is 2.13. The van der Waals surface area contributed by atoms with E-state index in [4.69, 9.17) is 5.11 Å². The Balaban J connectivity index is 1.98. The Hall–Kier alpha value is -0.830. The van der Waals surface area contributed by atoms with Crippen LogP contribution < -0.4 is 0 Å². The molecule has 0 aliphatic carbocycles. The summed E-state index contributed by atoms with van der Waals surface area (Å²) in [5, 5.41) is 8.89. The van der Waals surface area contributed by atoms with Crippen LogP contribution in [-0.2, 0) is 6.54 Å². The van der Waals surface area contributed by atoms with Gasteiger partial charge in [-0.1, -0.05) is 32.6 Å². The van der Waals surface area contributed by atoms with Gasteiger partial charge in [0.05, 0.1) is 6.33 Å². The van der Waals surface area contributed by atoms with E-state index in [1.54, 1.807) is 0 Å². The van der Waals surface area contributed by atoms with Crippen molar-refractivity contribution in [2.24, 2.45) is 5.92 Å². The number of aromatic nitrogens is 2. The van der Waals surface area contributed by atoms with Crippen molar-refractivity contribution in [1.29, 1.82) is 0 Å². The minimum absolute atomic E-state index is 0.341. The summed E-state index contributed by atoms with van der Waals surface area (Å²) in [6, 6.07) is 0. The highest BCUT2D eigenvalue weighted by molar-refractivity contribution is 4.73. The molecule has 1 heterocycles. The molecule has 0 aliphatic rings. The second kappa shape index (κ2) is 8.34. The molecule has 0 radical (unpaired) electrons. The molecule has 0 fully saturated rings. The van der Waals surface area contributed by atoms with Gasteiger partial charge in [-0.2, -0.15) is 0 Å². The lowest BCUT2D eigenvalue weighted by molar-refractivity contribution is 0.246. The van der Waals surface area contributed by atoms with Crippen LogP contribution in [-0.4, -0.2) is 21.3 Å². The predicted octanol–water partition coefficient (Wildman–Crippen LogP) is 2.85. The van der Waals surface area contributed by atoms with Gasteiger partial charge in [-0.15, -0.1) is 0 Å². The van der Waals surface area contributed by atoms with Gasteiger partial charge >= 0.3 is 0 Å². The monoisotopic (exact) mass is 224 g/mol. The van der Waals surface area contributed by atoms with Crippen LogP contribution in [0.2, 0.25) is 0 Å². The maximum atomic E-state index is 8.89. The molecule has 0 saturated carbocycles. The van der Waals surface area contributed by atoms with Crippen molar-refractivity contribution in [1.82, 2.24) is 9.55 Å². The zero-order chi connectivity index (χ0) is 11.6. The quantitative estimate of drug-likeness (QED) is 0.655. The van der Waals surface area contributed by atoms with Crippen molar-refractivity contribution in [3.63, 3.8) is 0 Å². The maximum Gasteiger partial charge on any atom is 0.0945 e. The van der Waals surface area contributed by atoms with Crippen LogP contribution in [0.3, 0.4) is 0 Å². The van der Waals surface area contributed by atoms with Gasteiger partial charge in [0.15, 0.2) is 0 Å². The predicted molar refractivity (Wildman–Crippen MR) is 66.2 cm³/mol. The van der Waals surface area contributed by atoms with Crippen LogP contribution in [0.1, 0.15) is 45.4 Å². The number of aliphatic hydroxyl groups excluding tert-OH is 1. The molecule has 0 saturated heterocycles. The van der Waals surface area contributed by atoms with E-state index in [0.29, 0.717) is 6.61 Å². The van der Waals surface area contributed by atoms with E-state index in [1.165, 1.54) is 32.1 Å². The van der Waals surface area contributed by atoms with Crippen molar-refractivity contribution in [2.45, 2.75) is 52.0 Å². The van der Waals surface area contributed by atoms with Gasteiger partial charge in [-0.3, -0.25) is 0 Å². The van der Waals surface area contributed by atoms with Gasteiger partial charge in [-0.25, -0.2) is 4.98 Å². The first-order chi connectivity index (χ1) is 7.86. The first-order valence-corrected chi connectivity index (χ1v) is 6.43. The van der Waals surface area contributed by atoms with Crippen molar-refractivity contribution < 1.29 is 5.11 Å². The minimum Gasteiger partial charge on any atom is -0.396 e. The number of imidazole rings is 1. The molecule has 1 aromatic heterocycles. The van der Waals surface area contributed by atoms with Crippen molar-refractivity contribution in [3.05, 3.63) is 18.7 Å². The molecule has 1 aromatic rings. The fourth-order valence-corrected chi connectivity index (χ4v) is 2.06. The highest BCUT2D eigenvalue weighted by atomic mass is 16.3. The minimum atomic E-state index is 0.341. The normalized spacial score (nSPS) is 12.9. The smallest absolute Gasteiger partial charge is 0.0945 e. The molecule has 1 unspecified atom stereocenters. The molecule has 0 spiro atoms. The number of rotatable bonds is 9. The number of nitrogens with zero attached hydrogens (tertiary/aromatic N) is 2. The van der Waals surface area contributed by atoms with Crippen LogP contribution in [0, 0.1) is 5.92 Å². The summed E-state index contributed by atoms with van der Waals surface area (Å²) in [5.74, 6) is 0.721. The molecular weight excluding hydrogens is 200 g/mol. The summed E-state index contributed by atoms with van der Waals surface area (Å²) in [6.45, 7) is 3.64. The zero-order valence-electron chi connectivity index (χ0n) is 10.3. The molecule has 0 aromatic carbocycles. The molecule has 1 rings (SSSR count). The maximum absolute atomic E-state index is 8.89. The van der Waals surface area contributed by atoms with Crippen LogP contribution in [0.25, 0.3) is 0 Å². The van der Waals surface area contributed by atoms with E-state index in [1.807, 2.05) is 18.7 Å². The van der Waals surface area contributed by atoms with Crippen LogP contribution in [0.15, 0.2) is 18.7 Å². The average molecular weight is 224 g/mol. The Labute approximate surface area is 98.5 Å². The molecule has 92 valence electrons. The average Bonchev–Trinajstić information content (AvgIpc) is 2.80. The number of unbranched alkanes of at least 4 members (excludes halogenated alkanes) is 2. The lowest BCUT2D eigenvalue weighted by atomic mass is 9.96. The summed E-state index contributed by atoms with van der Waals surface area (Å²) in [4.78, 5) is 4.02. The van der Waals surface area contributed by atoms with Crippen LogP contribution in [0.4, 0.5) is 0 Å². The Bertz CT molecular complexity index is 246. The van der Waals surface area contributed by atoms with E-state index in [9.17, 15) is 0 Å². The summed E-state index contributed by atoms with van der Waals surface area (Å²) in [5.41, 5.74) is 0. The van der Waals surface area contributed by atoms with E-state index >= 15 is 0 Å². The van der Waals surface area contributed by atoms with E-state index in [0.717, 1.165) is 18.9 Å². The SMILES string of the molecule is CCC(CCO)CCCCCn1ccnc1. The summed E-state index contributed by atoms with van der Waals surface area (Å²) >= 11 is 0. The summed E-state index contributed by atoms with van der Waals surface area (Å²) in [7, 11) is 0. The van der Waals surface area contributed by atoms with E-state index in [2.05, 4.69) is 16.5 Å². The van der Waals surface area contributed by atoms with Crippen molar-refractivity contribution in [2.75, 3.05) is 6.61 Å². The Kier molecular flexibility index (Phi) is 6.90. The zero-order valence-corrected chi connectivity index (χ0v) is 10.3. The van der Waals surface area contributed by atoms with Crippen molar-refractivity contribution >= 4 is 0 Å². The Morgan fingerprint density at radius 2 is 2.12 bits per heavy atom. The third-order valence-electron chi connectivity index (χ3n) is 3.20. The third-order valence-corrected chi connectivity index (χ3v) is 3.20. The van der Waals surface area contributed by atoms with Crippen molar-refractivity contribution in [3.8, 4) is 0 Å². The largest absolute Gasteiger partial charge is 0.396 e. The number of aryl methyl sites for hydroxylation is 1. The van der Waals surface area contributed by atoms with Crippen LogP contribution in [0.5, 0.6) is 0 Å². The first-order valence-electron chi connectivity index (χ1n) is 6.43. The fraction of sp³-hybridized carbons (Fsp3) is 0.769. The molecule has 0 amide bonds. The number of aliphatic hydroxyl groups is 1. The van der Waals surface area contributed by atoms with E-state index < -0.39 is 0 Å². The van der Waals surface area contributed by atoms with Gasteiger partial charge in [0.25, 0.3) is 0 Å². The van der Waals surface area contributed by atoms with Gasteiger partial charge in [0.2, 0.25) is 0 Å². The van der Waals surface area contributed by atoms with Gasteiger partial charge in [0.1, 0.15) is 0 Å². The second-order valence-corrected chi connectivity index (χ2v) is 4.44. The molecule has 0 bridgehead atoms. The molecule has 3 heteroatoms. The topological polar surface area (TPSA) is 38.0 Å². The van der Waals surface area contributed by atoms with Gasteiger partial charge in [0, 0.05) is 25.5 Å². The molecule has 0 aliphatic heterocycles. The van der Waals surface area contributed by atoms with Gasteiger partial charge < -0.3 is 9.67 Å². The highest BCUT2D eigenvalue weighted by Gasteiger charge is 2.04. The molecular formula is C13H24N2O. The van der Waals surface area contributed by atoms with Gasteiger partial charge in [-0.05, 0) is 18.8 Å². The lowest BCUT2D eigenvalue weighted by Gasteiger charge is -2.12. The highest BCUT2D eigenvalue weighted by Crippen LogP contribution is 2.16. The molecule has 1 N–H and O–H groups in total. The lowest BCUT2D eigenvalue weighted by Crippen LogP contribution is -2.02. The molecule has 16 heavy (non-hydrogen) atoms. The Morgan fingerprint density at radius 1 is 1.25 bits per heavy atom. The standard InChI is InChI=1S/C13H24N2O/c1-2-13(7-11-16)6-4-3-5-9-15-10-8-14-12-15/h8,10,12-13,16H,2-7,9,11H2,1H3.